The van der Waals surface area contributed by atoms with Crippen LogP contribution in [0.15, 0.2) is 30.3 Å². The van der Waals surface area contributed by atoms with Crippen molar-refractivity contribution in [2.24, 2.45) is 0 Å². The molecule has 0 aromatic heterocycles. The van der Waals surface area contributed by atoms with Crippen molar-refractivity contribution < 1.29 is 5.11 Å². The molecular weight excluding hydrogens is 254 g/mol. The quantitative estimate of drug-likeness (QED) is 0.715. The van der Waals surface area contributed by atoms with Crippen LogP contribution in [0.2, 0.25) is 0 Å². The summed E-state index contributed by atoms with van der Waals surface area (Å²) in [6.45, 7) is 2.37. The molecule has 1 aromatic carbocycles. The molecule has 1 fully saturated rings. The molecule has 1 atom stereocenters. The molecule has 106 valence electrons. The predicted molar refractivity (Wildman–Crippen MR) is 84.0 cm³/mol. The van der Waals surface area contributed by atoms with Crippen molar-refractivity contribution >= 4 is 12.6 Å². The minimum absolute atomic E-state index is 0.292. The van der Waals surface area contributed by atoms with Gasteiger partial charge in [-0.15, -0.1) is 0 Å². The van der Waals surface area contributed by atoms with Crippen LogP contribution in [0.4, 0.5) is 0 Å². The van der Waals surface area contributed by atoms with Gasteiger partial charge in [0.2, 0.25) is 0 Å². The van der Waals surface area contributed by atoms with Gasteiger partial charge in [0.25, 0.3) is 0 Å². The lowest BCUT2D eigenvalue weighted by molar-refractivity contribution is 0.111. The molecule has 1 aliphatic carbocycles. The first kappa shape index (κ1) is 14.9. The third kappa shape index (κ3) is 4.23. The van der Waals surface area contributed by atoms with Crippen LogP contribution < -0.4 is 0 Å². The maximum absolute atomic E-state index is 9.05. The molecule has 0 radical (unpaired) electrons. The monoisotopic (exact) mass is 279 g/mol. The Hall–Kier alpha value is -0.510. The molecule has 0 saturated heterocycles. The Morgan fingerprint density at radius 3 is 2.53 bits per heavy atom. The molecule has 0 bridgehead atoms. The lowest BCUT2D eigenvalue weighted by Gasteiger charge is -2.39. The molecular formula is C16H25NOS. The van der Waals surface area contributed by atoms with Gasteiger partial charge in [-0.05, 0) is 30.6 Å². The number of hydrogen-bond acceptors (Lipinski definition) is 3. The Kier molecular flexibility index (Phi) is 6.21. The summed E-state index contributed by atoms with van der Waals surface area (Å²) >= 11 is 4.53. The van der Waals surface area contributed by atoms with E-state index in [-0.39, 0.29) is 0 Å². The van der Waals surface area contributed by atoms with Crippen molar-refractivity contribution in [1.29, 1.82) is 0 Å². The molecule has 1 N–H and O–H groups in total. The van der Waals surface area contributed by atoms with E-state index in [4.69, 9.17) is 5.11 Å². The van der Waals surface area contributed by atoms with Crippen molar-refractivity contribution in [1.82, 2.24) is 4.90 Å². The second-order valence-corrected chi connectivity index (χ2v) is 5.81. The molecule has 1 aromatic rings. The minimum atomic E-state index is 0.292. The fourth-order valence-electron chi connectivity index (χ4n) is 2.73. The third-order valence-electron chi connectivity index (χ3n) is 4.14. The molecule has 1 aliphatic rings. The average Bonchev–Trinajstić information content (AvgIpc) is 2.40. The Labute approximate surface area is 122 Å². The van der Waals surface area contributed by atoms with E-state index in [1.807, 2.05) is 0 Å². The summed E-state index contributed by atoms with van der Waals surface area (Å²) in [5.74, 6) is 1.37. The summed E-state index contributed by atoms with van der Waals surface area (Å²) in [4.78, 5) is 2.56. The van der Waals surface area contributed by atoms with Gasteiger partial charge in [-0.25, -0.2) is 0 Å². The molecule has 2 rings (SSSR count). The van der Waals surface area contributed by atoms with Gasteiger partial charge in [-0.2, -0.15) is 12.6 Å². The zero-order chi connectivity index (χ0) is 13.5. The van der Waals surface area contributed by atoms with E-state index in [0.29, 0.717) is 12.5 Å². The molecule has 3 heteroatoms. The Morgan fingerprint density at radius 1 is 1.26 bits per heavy atom. The molecule has 19 heavy (non-hydrogen) atoms. The maximum Gasteiger partial charge on any atom is 0.0443 e. The van der Waals surface area contributed by atoms with Gasteiger partial charge < -0.3 is 5.11 Å². The third-order valence-corrected chi connectivity index (χ3v) is 4.58. The van der Waals surface area contributed by atoms with E-state index in [1.165, 1.54) is 24.8 Å². The van der Waals surface area contributed by atoms with Crippen LogP contribution in [-0.4, -0.2) is 41.5 Å². The van der Waals surface area contributed by atoms with Gasteiger partial charge in [0.05, 0.1) is 0 Å². The second kappa shape index (κ2) is 7.93. The number of aliphatic hydroxyl groups is 1. The molecule has 1 unspecified atom stereocenters. The van der Waals surface area contributed by atoms with Crippen molar-refractivity contribution in [2.75, 3.05) is 25.4 Å². The van der Waals surface area contributed by atoms with E-state index in [1.54, 1.807) is 0 Å². The molecule has 0 amide bonds. The molecule has 2 nitrogen and oxygen atoms in total. The number of thiol groups is 1. The first-order chi connectivity index (χ1) is 9.35. The molecule has 1 saturated carbocycles. The number of nitrogens with zero attached hydrogens (tertiary/aromatic N) is 1. The van der Waals surface area contributed by atoms with Gasteiger partial charge in [0.1, 0.15) is 0 Å². The fourth-order valence-corrected chi connectivity index (χ4v) is 3.05. The van der Waals surface area contributed by atoms with Crippen LogP contribution in [0.5, 0.6) is 0 Å². The van der Waals surface area contributed by atoms with Gasteiger partial charge in [-0.1, -0.05) is 36.8 Å². The smallest absolute Gasteiger partial charge is 0.0443 e. The van der Waals surface area contributed by atoms with Crippen LogP contribution in [0.25, 0.3) is 0 Å². The molecule has 0 aliphatic heterocycles. The van der Waals surface area contributed by atoms with E-state index in [2.05, 4.69) is 47.9 Å². The van der Waals surface area contributed by atoms with Gasteiger partial charge >= 0.3 is 0 Å². The fraction of sp³-hybridized carbons (Fsp3) is 0.625. The first-order valence-electron chi connectivity index (χ1n) is 7.36. The van der Waals surface area contributed by atoms with Gasteiger partial charge in [-0.3, -0.25) is 4.90 Å². The Morgan fingerprint density at radius 2 is 2.00 bits per heavy atom. The number of hydrogen-bond donors (Lipinski definition) is 2. The lowest BCUT2D eigenvalue weighted by Crippen LogP contribution is -2.43. The zero-order valence-electron chi connectivity index (χ0n) is 11.5. The van der Waals surface area contributed by atoms with E-state index in [0.717, 1.165) is 31.3 Å². The van der Waals surface area contributed by atoms with Gasteiger partial charge in [0.15, 0.2) is 0 Å². The summed E-state index contributed by atoms with van der Waals surface area (Å²) in [6.07, 6.45) is 4.88. The largest absolute Gasteiger partial charge is 0.396 e. The van der Waals surface area contributed by atoms with Crippen LogP contribution in [-0.2, 0) is 0 Å². The summed E-state index contributed by atoms with van der Waals surface area (Å²) in [6, 6.07) is 11.4. The highest BCUT2D eigenvalue weighted by Gasteiger charge is 2.26. The van der Waals surface area contributed by atoms with E-state index < -0.39 is 0 Å². The first-order valence-corrected chi connectivity index (χ1v) is 7.99. The SMILES string of the molecule is OCCCN(CC(CS)c1ccccc1)C1CCC1. The van der Waals surface area contributed by atoms with Crippen LogP contribution >= 0.6 is 12.6 Å². The highest BCUT2D eigenvalue weighted by molar-refractivity contribution is 7.80. The minimum Gasteiger partial charge on any atom is -0.396 e. The summed E-state index contributed by atoms with van der Waals surface area (Å²) in [7, 11) is 0. The van der Waals surface area contributed by atoms with E-state index >= 15 is 0 Å². The van der Waals surface area contributed by atoms with Crippen molar-refractivity contribution in [2.45, 2.75) is 37.6 Å². The number of benzene rings is 1. The maximum atomic E-state index is 9.05. The Bertz CT molecular complexity index is 353. The molecule has 0 spiro atoms. The lowest BCUT2D eigenvalue weighted by atomic mass is 9.89. The topological polar surface area (TPSA) is 23.5 Å². The van der Waals surface area contributed by atoms with Crippen LogP contribution in [0.3, 0.4) is 0 Å². The van der Waals surface area contributed by atoms with Crippen LogP contribution in [0, 0.1) is 0 Å². The van der Waals surface area contributed by atoms with Gasteiger partial charge in [0, 0.05) is 31.7 Å². The standard InChI is InChI=1S/C16H25NOS/c18-11-5-10-17(16-8-4-9-16)12-15(13-19)14-6-2-1-3-7-14/h1-3,6-7,15-16,18-19H,4-5,8-13H2. The number of rotatable bonds is 8. The number of aliphatic hydroxyl groups excluding tert-OH is 1. The summed E-state index contributed by atoms with van der Waals surface area (Å²) < 4.78 is 0. The zero-order valence-corrected chi connectivity index (χ0v) is 12.4. The predicted octanol–water partition coefficient (Wildman–Crippen LogP) is 2.94. The van der Waals surface area contributed by atoms with Crippen molar-refractivity contribution in [3.05, 3.63) is 35.9 Å². The second-order valence-electron chi connectivity index (χ2n) is 5.45. The molecule has 0 heterocycles. The van der Waals surface area contributed by atoms with Crippen molar-refractivity contribution in [3.8, 4) is 0 Å². The van der Waals surface area contributed by atoms with Crippen LogP contribution in [0.1, 0.15) is 37.2 Å². The average molecular weight is 279 g/mol. The highest BCUT2D eigenvalue weighted by atomic mass is 32.1. The highest BCUT2D eigenvalue weighted by Crippen LogP contribution is 2.28. The van der Waals surface area contributed by atoms with Crippen molar-refractivity contribution in [3.63, 3.8) is 0 Å². The summed E-state index contributed by atoms with van der Waals surface area (Å²) in [5.41, 5.74) is 1.38. The summed E-state index contributed by atoms with van der Waals surface area (Å²) in [5, 5.41) is 9.05. The normalized spacial score (nSPS) is 17.4. The van der Waals surface area contributed by atoms with E-state index in [9.17, 15) is 0 Å². The Balaban J connectivity index is 1.97.